The highest BCUT2D eigenvalue weighted by atomic mass is 16.2. The first-order chi connectivity index (χ1) is 10.2. The van der Waals surface area contributed by atoms with Crippen LogP contribution in [0.25, 0.3) is 0 Å². The maximum Gasteiger partial charge on any atom is 0.250 e. The maximum atomic E-state index is 11.8. The molecular weight excluding hydrogens is 266 g/mol. The van der Waals surface area contributed by atoms with Gasteiger partial charge in [0.2, 0.25) is 5.91 Å². The van der Waals surface area contributed by atoms with Gasteiger partial charge in [0.25, 0.3) is 5.56 Å². The van der Waals surface area contributed by atoms with Gasteiger partial charge < -0.3 is 14.8 Å². The van der Waals surface area contributed by atoms with Crippen molar-refractivity contribution in [1.82, 2.24) is 9.88 Å². The summed E-state index contributed by atoms with van der Waals surface area (Å²) >= 11 is 0. The standard InChI is InChI=1S/C16H19N3O2/c1-18(14-7-3-2-4-8-14)12-10-17-15(20)13-19-11-6-5-9-16(19)21/h2-9,11H,10,12-13H2,1H3,(H,17,20). The molecule has 0 unspecified atom stereocenters. The van der Waals surface area contributed by atoms with Crippen molar-refractivity contribution in [1.29, 1.82) is 0 Å². The number of likely N-dealkylation sites (N-methyl/N-ethyl adjacent to an activating group) is 1. The number of nitrogens with one attached hydrogen (secondary N) is 1. The molecule has 2 aromatic rings. The zero-order valence-corrected chi connectivity index (χ0v) is 12.0. The van der Waals surface area contributed by atoms with Crippen LogP contribution in [-0.2, 0) is 11.3 Å². The van der Waals surface area contributed by atoms with Gasteiger partial charge >= 0.3 is 0 Å². The van der Waals surface area contributed by atoms with E-state index in [1.807, 2.05) is 37.4 Å². The molecule has 0 fully saturated rings. The van der Waals surface area contributed by atoms with Gasteiger partial charge in [-0.25, -0.2) is 0 Å². The zero-order chi connectivity index (χ0) is 15.1. The predicted molar refractivity (Wildman–Crippen MR) is 83.4 cm³/mol. The predicted octanol–water partition coefficient (Wildman–Crippen LogP) is 1.10. The van der Waals surface area contributed by atoms with Crippen molar-refractivity contribution in [3.63, 3.8) is 0 Å². The van der Waals surface area contributed by atoms with Gasteiger partial charge in [0.1, 0.15) is 6.54 Å². The second-order valence-corrected chi connectivity index (χ2v) is 4.77. The summed E-state index contributed by atoms with van der Waals surface area (Å²) in [7, 11) is 1.98. The molecule has 0 aliphatic rings. The minimum absolute atomic E-state index is 0.0503. The van der Waals surface area contributed by atoms with E-state index in [9.17, 15) is 9.59 Å². The number of hydrogen-bond acceptors (Lipinski definition) is 3. The summed E-state index contributed by atoms with van der Waals surface area (Å²) in [4.78, 5) is 25.4. The third-order valence-corrected chi connectivity index (χ3v) is 3.18. The molecular formula is C16H19N3O2. The lowest BCUT2D eigenvalue weighted by molar-refractivity contribution is -0.121. The topological polar surface area (TPSA) is 54.3 Å². The van der Waals surface area contributed by atoms with Gasteiger partial charge in [0.05, 0.1) is 0 Å². The number of anilines is 1. The lowest BCUT2D eigenvalue weighted by Gasteiger charge is -2.19. The van der Waals surface area contributed by atoms with E-state index in [4.69, 9.17) is 0 Å². The number of benzene rings is 1. The van der Waals surface area contributed by atoms with Crippen molar-refractivity contribution < 1.29 is 4.79 Å². The molecule has 1 aromatic heterocycles. The molecule has 0 aliphatic carbocycles. The molecule has 2 rings (SSSR count). The number of rotatable bonds is 6. The van der Waals surface area contributed by atoms with Crippen LogP contribution in [0.2, 0.25) is 0 Å². The number of pyridine rings is 1. The highest BCUT2D eigenvalue weighted by Crippen LogP contribution is 2.09. The molecule has 0 radical (unpaired) electrons. The number of nitrogens with zero attached hydrogens (tertiary/aromatic N) is 2. The van der Waals surface area contributed by atoms with Crippen LogP contribution in [0, 0.1) is 0 Å². The van der Waals surface area contributed by atoms with E-state index in [0.717, 1.165) is 5.69 Å². The third kappa shape index (κ3) is 4.49. The molecule has 0 saturated carbocycles. The molecule has 0 spiro atoms. The average molecular weight is 285 g/mol. The summed E-state index contributed by atoms with van der Waals surface area (Å²) in [5.74, 6) is -0.162. The Morgan fingerprint density at radius 2 is 1.86 bits per heavy atom. The Balaban J connectivity index is 1.77. The summed E-state index contributed by atoms with van der Waals surface area (Å²) in [5, 5.41) is 2.82. The van der Waals surface area contributed by atoms with Gasteiger partial charge in [-0.1, -0.05) is 24.3 Å². The lowest BCUT2D eigenvalue weighted by atomic mass is 10.3. The van der Waals surface area contributed by atoms with Gasteiger partial charge in [-0.15, -0.1) is 0 Å². The van der Waals surface area contributed by atoms with Crippen molar-refractivity contribution >= 4 is 11.6 Å². The second kappa shape index (κ2) is 7.28. The van der Waals surface area contributed by atoms with Crippen LogP contribution >= 0.6 is 0 Å². The van der Waals surface area contributed by atoms with Gasteiger partial charge in [-0.05, 0) is 18.2 Å². The first-order valence-electron chi connectivity index (χ1n) is 6.85. The van der Waals surface area contributed by atoms with Crippen molar-refractivity contribution in [2.45, 2.75) is 6.54 Å². The molecule has 5 heteroatoms. The quantitative estimate of drug-likeness (QED) is 0.865. The van der Waals surface area contributed by atoms with Crippen LogP contribution in [0.15, 0.2) is 59.5 Å². The first kappa shape index (κ1) is 14.8. The van der Waals surface area contributed by atoms with Crippen LogP contribution < -0.4 is 15.8 Å². The van der Waals surface area contributed by atoms with E-state index in [1.54, 1.807) is 18.3 Å². The summed E-state index contributed by atoms with van der Waals surface area (Å²) in [6.07, 6.45) is 1.61. The number of para-hydroxylation sites is 1. The molecule has 110 valence electrons. The molecule has 5 nitrogen and oxygen atoms in total. The second-order valence-electron chi connectivity index (χ2n) is 4.77. The summed E-state index contributed by atoms with van der Waals surface area (Å²) in [6, 6.07) is 14.8. The largest absolute Gasteiger partial charge is 0.373 e. The van der Waals surface area contributed by atoms with E-state index in [1.165, 1.54) is 10.6 Å². The van der Waals surface area contributed by atoms with Crippen molar-refractivity contribution in [3.8, 4) is 0 Å². The normalized spacial score (nSPS) is 10.1. The van der Waals surface area contributed by atoms with Gasteiger partial charge in [0, 0.05) is 38.1 Å². The smallest absolute Gasteiger partial charge is 0.250 e. The van der Waals surface area contributed by atoms with Gasteiger partial charge in [-0.3, -0.25) is 9.59 Å². The van der Waals surface area contributed by atoms with Crippen LogP contribution in [-0.4, -0.2) is 30.6 Å². The van der Waals surface area contributed by atoms with E-state index in [2.05, 4.69) is 10.2 Å². The maximum absolute atomic E-state index is 11.8. The molecule has 21 heavy (non-hydrogen) atoms. The fourth-order valence-electron chi connectivity index (χ4n) is 1.98. The van der Waals surface area contributed by atoms with Gasteiger partial charge in [0.15, 0.2) is 0 Å². The minimum atomic E-state index is -0.172. The first-order valence-corrected chi connectivity index (χ1v) is 6.85. The highest BCUT2D eigenvalue weighted by molar-refractivity contribution is 5.75. The van der Waals surface area contributed by atoms with Crippen LogP contribution in [0.4, 0.5) is 5.69 Å². The van der Waals surface area contributed by atoms with Gasteiger partial charge in [-0.2, -0.15) is 0 Å². The third-order valence-electron chi connectivity index (χ3n) is 3.18. The minimum Gasteiger partial charge on any atom is -0.373 e. The molecule has 1 heterocycles. The van der Waals surface area contributed by atoms with E-state index < -0.39 is 0 Å². The molecule has 0 atom stereocenters. The molecule has 0 saturated heterocycles. The number of hydrogen-bond donors (Lipinski definition) is 1. The Bertz CT molecular complexity index is 637. The fraction of sp³-hybridized carbons (Fsp3) is 0.250. The van der Waals surface area contributed by atoms with Crippen molar-refractivity contribution in [3.05, 3.63) is 65.1 Å². The van der Waals surface area contributed by atoms with Crippen molar-refractivity contribution in [2.75, 3.05) is 25.0 Å². The summed E-state index contributed by atoms with van der Waals surface area (Å²) < 4.78 is 1.39. The number of carbonyl (C=O) groups excluding carboxylic acids is 1. The summed E-state index contributed by atoms with van der Waals surface area (Å²) in [6.45, 7) is 1.29. The number of aromatic nitrogens is 1. The molecule has 1 amide bonds. The Morgan fingerprint density at radius 3 is 2.57 bits per heavy atom. The lowest BCUT2D eigenvalue weighted by Crippen LogP contribution is -2.36. The monoisotopic (exact) mass is 285 g/mol. The zero-order valence-electron chi connectivity index (χ0n) is 12.0. The average Bonchev–Trinajstić information content (AvgIpc) is 2.50. The van der Waals surface area contributed by atoms with Crippen molar-refractivity contribution in [2.24, 2.45) is 0 Å². The molecule has 1 aromatic carbocycles. The number of amides is 1. The van der Waals surface area contributed by atoms with E-state index in [0.29, 0.717) is 13.1 Å². The Hall–Kier alpha value is -2.56. The Kier molecular flexibility index (Phi) is 5.15. The highest BCUT2D eigenvalue weighted by Gasteiger charge is 2.04. The molecule has 0 bridgehead atoms. The fourth-order valence-corrected chi connectivity index (χ4v) is 1.98. The van der Waals surface area contributed by atoms with Crippen LogP contribution in [0.5, 0.6) is 0 Å². The molecule has 0 aliphatic heterocycles. The van der Waals surface area contributed by atoms with Crippen LogP contribution in [0.3, 0.4) is 0 Å². The number of carbonyl (C=O) groups is 1. The van der Waals surface area contributed by atoms with E-state index >= 15 is 0 Å². The molecule has 1 N–H and O–H groups in total. The van der Waals surface area contributed by atoms with Crippen LogP contribution in [0.1, 0.15) is 0 Å². The Labute approximate surface area is 123 Å². The Morgan fingerprint density at radius 1 is 1.14 bits per heavy atom. The summed E-state index contributed by atoms with van der Waals surface area (Å²) in [5.41, 5.74) is 0.931. The SMILES string of the molecule is CN(CCNC(=O)Cn1ccccc1=O)c1ccccc1. The van der Waals surface area contributed by atoms with E-state index in [-0.39, 0.29) is 18.0 Å².